The molecule has 0 aromatic heterocycles. The number of benzene rings is 4. The van der Waals surface area contributed by atoms with Crippen LogP contribution < -0.4 is 31.9 Å². The number of nitrogens with one attached hydrogen (secondary N) is 6. The van der Waals surface area contributed by atoms with Gasteiger partial charge in [0, 0.05) is 71.1 Å². The van der Waals surface area contributed by atoms with Gasteiger partial charge in [0.1, 0.15) is 17.3 Å². The van der Waals surface area contributed by atoms with E-state index in [0.717, 1.165) is 17.7 Å². The molecule has 2 spiro atoms. The monoisotopic (exact) mass is 1010 g/mol. The van der Waals surface area contributed by atoms with Crippen LogP contribution >= 0.6 is 23.2 Å². The van der Waals surface area contributed by atoms with Gasteiger partial charge in [-0.3, -0.25) is 43.8 Å². The molecule has 0 radical (unpaired) electrons. The number of halogens is 3. The van der Waals surface area contributed by atoms with Crippen molar-refractivity contribution in [2.45, 2.75) is 87.7 Å². The van der Waals surface area contributed by atoms with E-state index < -0.39 is 58.4 Å². The molecule has 9 rings (SSSR count). The third-order valence-electron chi connectivity index (χ3n) is 14.6. The maximum atomic E-state index is 16.3. The fourth-order valence-corrected chi connectivity index (χ4v) is 11.6. The highest BCUT2D eigenvalue weighted by molar-refractivity contribution is 6.31. The van der Waals surface area contributed by atoms with Crippen molar-refractivity contribution in [3.05, 3.63) is 123 Å². The Labute approximate surface area is 419 Å². The second-order valence-corrected chi connectivity index (χ2v) is 20.3. The molecule has 71 heavy (non-hydrogen) atoms. The van der Waals surface area contributed by atoms with Crippen LogP contribution in [0.4, 0.5) is 21.5 Å². The number of imide groups is 2. The number of amides is 7. The summed E-state index contributed by atoms with van der Waals surface area (Å²) >= 11 is 12.8. The van der Waals surface area contributed by atoms with Crippen molar-refractivity contribution in [1.29, 1.82) is 0 Å². The van der Waals surface area contributed by atoms with Gasteiger partial charge in [0.2, 0.25) is 23.6 Å². The molecule has 5 aliphatic rings. The van der Waals surface area contributed by atoms with Crippen LogP contribution in [0, 0.1) is 11.2 Å². The summed E-state index contributed by atoms with van der Waals surface area (Å²) in [5, 5.41) is 18.3. The van der Waals surface area contributed by atoms with E-state index in [1.807, 2.05) is 6.07 Å². The Hall–Kier alpha value is -6.24. The Morgan fingerprint density at radius 2 is 1.55 bits per heavy atom. The van der Waals surface area contributed by atoms with Crippen LogP contribution in [-0.2, 0) is 34.1 Å². The summed E-state index contributed by atoms with van der Waals surface area (Å²) in [6, 6.07) is 19.6. The summed E-state index contributed by atoms with van der Waals surface area (Å²) in [5.74, 6) is -4.75. The number of rotatable bonds is 16. The molecule has 2 saturated heterocycles. The quantitative estimate of drug-likeness (QED) is 0.0512. The predicted molar refractivity (Wildman–Crippen MR) is 263 cm³/mol. The third kappa shape index (κ3) is 9.41. The number of ether oxygens (including phenoxy) is 2. The lowest BCUT2D eigenvalue weighted by Crippen LogP contribution is -2.61. The molecule has 4 aliphatic heterocycles. The molecule has 4 atom stereocenters. The first-order chi connectivity index (χ1) is 34.0. The van der Waals surface area contributed by atoms with Crippen LogP contribution in [0.15, 0.2) is 78.9 Å². The zero-order chi connectivity index (χ0) is 50.2. The molecule has 16 nitrogen and oxygen atoms in total. The minimum absolute atomic E-state index is 0.0179. The molecule has 0 bridgehead atoms. The maximum absolute atomic E-state index is 16.3. The van der Waals surface area contributed by atoms with Crippen molar-refractivity contribution < 1.29 is 47.4 Å². The minimum Gasteiger partial charge on any atom is -0.382 e. The van der Waals surface area contributed by atoms with Gasteiger partial charge < -0.3 is 36.1 Å². The zero-order valence-corrected chi connectivity index (χ0v) is 40.7. The van der Waals surface area contributed by atoms with E-state index >= 15 is 4.39 Å². The van der Waals surface area contributed by atoms with Gasteiger partial charge in [-0.05, 0) is 103 Å². The molecular weight excluding hydrogens is 957 g/mol. The summed E-state index contributed by atoms with van der Waals surface area (Å²) in [6.45, 7) is 5.91. The van der Waals surface area contributed by atoms with Crippen LogP contribution in [0.5, 0.6) is 0 Å². The number of carbonyl (C=O) groups excluding carboxylic acids is 7. The highest BCUT2D eigenvalue weighted by atomic mass is 35.5. The Bertz CT molecular complexity index is 2820. The van der Waals surface area contributed by atoms with E-state index in [-0.39, 0.29) is 97.1 Å². The average molecular weight is 1010 g/mol. The van der Waals surface area contributed by atoms with Crippen LogP contribution in [0.2, 0.25) is 10.0 Å². The van der Waals surface area contributed by atoms with Crippen molar-refractivity contribution >= 4 is 81.6 Å². The van der Waals surface area contributed by atoms with Crippen LogP contribution in [0.3, 0.4) is 0 Å². The molecule has 6 N–H and O–H groups in total. The Morgan fingerprint density at radius 1 is 0.831 bits per heavy atom. The number of nitrogens with zero attached hydrogens (tertiary/aromatic N) is 1. The summed E-state index contributed by atoms with van der Waals surface area (Å²) in [5.41, 5.74) is 1.00. The van der Waals surface area contributed by atoms with Crippen LogP contribution in [0.1, 0.15) is 107 Å². The lowest BCUT2D eigenvalue weighted by molar-refractivity contribution is -0.136. The highest BCUT2D eigenvalue weighted by Crippen LogP contribution is 2.64. The number of anilines is 3. The lowest BCUT2D eigenvalue weighted by atomic mass is 9.53. The normalized spacial score (nSPS) is 22.9. The van der Waals surface area contributed by atoms with Crippen molar-refractivity contribution in [2.75, 3.05) is 55.5 Å². The van der Waals surface area contributed by atoms with E-state index in [4.69, 9.17) is 32.7 Å². The fourth-order valence-electron chi connectivity index (χ4n) is 11.2. The number of piperidine rings is 1. The second kappa shape index (κ2) is 20.1. The molecule has 372 valence electrons. The Kier molecular flexibility index (Phi) is 14.1. The highest BCUT2D eigenvalue weighted by Gasteiger charge is 2.72. The van der Waals surface area contributed by atoms with Crippen LogP contribution in [0.25, 0.3) is 0 Å². The molecule has 4 aromatic carbocycles. The van der Waals surface area contributed by atoms with E-state index in [2.05, 4.69) is 45.7 Å². The summed E-state index contributed by atoms with van der Waals surface area (Å²) in [7, 11) is 0. The van der Waals surface area contributed by atoms with E-state index in [1.165, 1.54) is 12.1 Å². The van der Waals surface area contributed by atoms with Crippen molar-refractivity contribution in [3.63, 3.8) is 0 Å². The van der Waals surface area contributed by atoms with Crippen molar-refractivity contribution in [1.82, 2.24) is 20.9 Å². The first kappa shape index (κ1) is 49.7. The second-order valence-electron chi connectivity index (χ2n) is 19.5. The van der Waals surface area contributed by atoms with Gasteiger partial charge >= 0.3 is 0 Å². The van der Waals surface area contributed by atoms with Gasteiger partial charge in [-0.2, -0.15) is 0 Å². The average Bonchev–Trinajstić information content (AvgIpc) is 3.88. The van der Waals surface area contributed by atoms with Gasteiger partial charge in [0.05, 0.1) is 42.6 Å². The third-order valence-corrected chi connectivity index (χ3v) is 15.2. The maximum Gasteiger partial charge on any atom is 0.264 e. The zero-order valence-electron chi connectivity index (χ0n) is 39.2. The largest absolute Gasteiger partial charge is 0.382 e. The van der Waals surface area contributed by atoms with E-state index in [0.29, 0.717) is 52.6 Å². The summed E-state index contributed by atoms with van der Waals surface area (Å²) < 4.78 is 27.6. The lowest BCUT2D eigenvalue weighted by Gasteiger charge is -2.50. The number of hydrogen-bond donors (Lipinski definition) is 6. The van der Waals surface area contributed by atoms with Gasteiger partial charge in [-0.15, -0.1) is 0 Å². The molecule has 4 aromatic rings. The van der Waals surface area contributed by atoms with E-state index in [1.54, 1.807) is 60.7 Å². The smallest absolute Gasteiger partial charge is 0.264 e. The Morgan fingerprint density at radius 3 is 2.28 bits per heavy atom. The molecule has 1 aliphatic carbocycles. The molecule has 19 heteroatoms. The molecule has 4 heterocycles. The number of fused-ring (bicyclic) bond motifs is 4. The first-order valence-electron chi connectivity index (χ1n) is 23.8. The van der Waals surface area contributed by atoms with Gasteiger partial charge in [0.15, 0.2) is 0 Å². The summed E-state index contributed by atoms with van der Waals surface area (Å²) in [6.07, 6.45) is 2.83. The minimum atomic E-state index is -1.29. The molecule has 1 saturated carbocycles. The number of hydrogen-bond acceptors (Lipinski definition) is 11. The van der Waals surface area contributed by atoms with E-state index in [9.17, 15) is 33.6 Å². The molecule has 1 unspecified atom stereocenters. The first-order valence-corrected chi connectivity index (χ1v) is 24.5. The number of carbonyl (C=O) groups is 7. The topological polar surface area (TPSA) is 213 Å². The molecule has 3 fully saturated rings. The van der Waals surface area contributed by atoms with Crippen molar-refractivity contribution in [3.8, 4) is 0 Å². The van der Waals surface area contributed by atoms with Crippen molar-refractivity contribution in [2.24, 2.45) is 5.41 Å². The fraction of sp³-hybridized carbons (Fsp3) is 0.404. The Balaban J connectivity index is 0.749. The molecular formula is C52H54Cl2FN7O9. The van der Waals surface area contributed by atoms with Gasteiger partial charge in [0.25, 0.3) is 17.7 Å². The predicted octanol–water partition coefficient (Wildman–Crippen LogP) is 6.72. The summed E-state index contributed by atoms with van der Waals surface area (Å²) in [4.78, 5) is 93.1. The van der Waals surface area contributed by atoms with Gasteiger partial charge in [-0.25, -0.2) is 4.39 Å². The van der Waals surface area contributed by atoms with Crippen LogP contribution in [-0.4, -0.2) is 103 Å². The van der Waals surface area contributed by atoms with Gasteiger partial charge in [-0.1, -0.05) is 61.3 Å². The SMILES string of the molecule is CC1(C)CCC2(CC1)N[C@@H](CC(=O)Nc1ccc(C(=O)NCCOCCOCCNc3cccc4c3C(=O)N(C3CCC(=O)NC3=O)C4=O)cc1)[C@H](c1cccc(Cl)c1F)[C@]21C(=O)Nc2cc(Cl)ccc21. The molecule has 7 amide bonds. The standard InChI is InChI=1S/C52H54Cl2FN7O9/c1-50(2)17-19-51(20-18-50)52(34-14-11-30(53)27-37(34)59-49(52)69)43(33-6-3-7-35(54)44(33)55)38(61-51)28-41(64)58-31-12-9-29(10-13-31)45(65)57-22-24-71-26-25-70-23-21-56-36-8-4-5-32-42(36)48(68)62(47(32)67)39-15-16-40(63)60-46(39)66/h3-14,27,38-39,43,56,61H,15-26,28H2,1-2H3,(H,57,65)(H,58,64)(H,59,69)(H,60,63,66)/t38-,39?,43-,52+/m0/s1.